The third kappa shape index (κ3) is 8.12. The number of hydrogen-bond donors (Lipinski definition) is 2. The van der Waals surface area contributed by atoms with Crippen LogP contribution in [0, 0.1) is 5.92 Å². The quantitative estimate of drug-likeness (QED) is 0.267. The predicted octanol–water partition coefficient (Wildman–Crippen LogP) is 5.75. The average molecular weight is 599 g/mol. The van der Waals surface area contributed by atoms with Crippen molar-refractivity contribution in [1.29, 1.82) is 0 Å². The van der Waals surface area contributed by atoms with E-state index in [1.807, 2.05) is 51.1 Å². The van der Waals surface area contributed by atoms with Crippen LogP contribution in [0.15, 0.2) is 48.8 Å². The molecule has 4 heterocycles. The number of nitrogens with zero attached hydrogens (tertiary/aromatic N) is 4. The Hall–Kier alpha value is -4.01. The number of fused-ring (bicyclic) bond motifs is 1. The lowest BCUT2D eigenvalue weighted by Gasteiger charge is -2.34. The summed E-state index contributed by atoms with van der Waals surface area (Å²) < 4.78 is 5.71. The minimum absolute atomic E-state index is 0.0000180. The van der Waals surface area contributed by atoms with Crippen LogP contribution < -0.4 is 15.5 Å². The summed E-state index contributed by atoms with van der Waals surface area (Å²) in [4.78, 5) is 42.8. The van der Waals surface area contributed by atoms with Crippen LogP contribution in [-0.2, 0) is 33.6 Å². The molecule has 3 aromatic rings. The van der Waals surface area contributed by atoms with E-state index in [0.717, 1.165) is 74.5 Å². The monoisotopic (exact) mass is 598 g/mol. The van der Waals surface area contributed by atoms with Crippen LogP contribution >= 0.6 is 0 Å². The molecule has 234 valence electrons. The van der Waals surface area contributed by atoms with Crippen LogP contribution in [0.5, 0.6) is 0 Å². The first-order chi connectivity index (χ1) is 21.2. The number of benzene rings is 1. The van der Waals surface area contributed by atoms with Gasteiger partial charge in [-0.1, -0.05) is 43.3 Å². The number of nitrogens with one attached hydrogen (secondary N) is 2. The molecule has 2 aromatic heterocycles. The fraction of sp³-hybridized carbons (Fsp3) is 0.514. The van der Waals surface area contributed by atoms with Crippen molar-refractivity contribution in [3.8, 4) is 0 Å². The van der Waals surface area contributed by atoms with E-state index in [1.165, 1.54) is 11.3 Å². The number of esters is 1. The van der Waals surface area contributed by atoms with E-state index >= 15 is 0 Å². The van der Waals surface area contributed by atoms with Crippen molar-refractivity contribution < 1.29 is 14.3 Å². The second-order valence-corrected chi connectivity index (χ2v) is 12.9. The summed E-state index contributed by atoms with van der Waals surface area (Å²) >= 11 is 0. The van der Waals surface area contributed by atoms with Crippen molar-refractivity contribution >= 4 is 29.2 Å². The van der Waals surface area contributed by atoms with E-state index in [9.17, 15) is 9.59 Å². The Labute approximate surface area is 261 Å². The average Bonchev–Trinajstić information content (AvgIpc) is 3.02. The third-order valence-electron chi connectivity index (χ3n) is 8.38. The largest absolute Gasteiger partial charge is 0.460 e. The van der Waals surface area contributed by atoms with Gasteiger partial charge in [-0.05, 0) is 70.1 Å². The van der Waals surface area contributed by atoms with Crippen LogP contribution in [0.25, 0.3) is 0 Å². The van der Waals surface area contributed by atoms with E-state index < -0.39 is 11.5 Å². The SMILES string of the molecule is CCc1c(NC[C@H](CC(=O)Cc2ccccc2)C(=O)OC(C)(C)C)ncnc1N1CCC(c2ccc3c(n2)NCCC3)CC1. The number of Topliss-reactive ketones (excluding diaryl/α,β-unsaturated/α-hetero) is 1. The molecular weight excluding hydrogens is 552 g/mol. The molecule has 0 spiro atoms. The van der Waals surface area contributed by atoms with Gasteiger partial charge in [0.1, 0.15) is 35.2 Å². The Morgan fingerprint density at radius 2 is 1.86 bits per heavy atom. The molecule has 9 nitrogen and oxygen atoms in total. The molecule has 5 rings (SSSR count). The molecular formula is C35H46N6O3. The lowest BCUT2D eigenvalue weighted by atomic mass is 9.92. The molecule has 0 aliphatic carbocycles. The van der Waals surface area contributed by atoms with Gasteiger partial charge in [0.05, 0.1) is 5.92 Å². The second kappa shape index (κ2) is 14.2. The molecule has 44 heavy (non-hydrogen) atoms. The fourth-order valence-electron chi connectivity index (χ4n) is 6.13. The van der Waals surface area contributed by atoms with Gasteiger partial charge >= 0.3 is 5.97 Å². The van der Waals surface area contributed by atoms with Gasteiger partial charge < -0.3 is 20.3 Å². The van der Waals surface area contributed by atoms with Crippen molar-refractivity contribution in [2.45, 2.75) is 84.2 Å². The van der Waals surface area contributed by atoms with Crippen molar-refractivity contribution in [2.24, 2.45) is 5.92 Å². The maximum Gasteiger partial charge on any atom is 0.311 e. The number of aryl methyl sites for hydroxylation is 1. The number of ether oxygens (including phenoxy) is 1. The molecule has 1 fully saturated rings. The van der Waals surface area contributed by atoms with Crippen LogP contribution in [0.4, 0.5) is 17.5 Å². The highest BCUT2D eigenvalue weighted by Gasteiger charge is 2.29. The molecule has 0 saturated carbocycles. The Bertz CT molecular complexity index is 1430. The zero-order valence-corrected chi connectivity index (χ0v) is 26.6. The highest BCUT2D eigenvalue weighted by molar-refractivity contribution is 5.86. The van der Waals surface area contributed by atoms with Crippen LogP contribution in [0.2, 0.25) is 0 Å². The molecule has 0 amide bonds. The Morgan fingerprint density at radius 1 is 1.09 bits per heavy atom. The van der Waals surface area contributed by atoms with Crippen LogP contribution in [-0.4, -0.2) is 58.5 Å². The number of ketones is 1. The minimum atomic E-state index is -0.647. The molecule has 0 bridgehead atoms. The maximum atomic E-state index is 13.2. The van der Waals surface area contributed by atoms with E-state index in [4.69, 9.17) is 14.7 Å². The summed E-state index contributed by atoms with van der Waals surface area (Å²) in [5.41, 5.74) is 3.80. The van der Waals surface area contributed by atoms with E-state index in [1.54, 1.807) is 6.33 Å². The zero-order valence-electron chi connectivity index (χ0n) is 26.6. The molecule has 0 unspecified atom stereocenters. The highest BCUT2D eigenvalue weighted by Crippen LogP contribution is 2.33. The molecule has 0 radical (unpaired) electrons. The molecule has 2 aliphatic rings. The molecule has 9 heteroatoms. The molecule has 2 N–H and O–H groups in total. The summed E-state index contributed by atoms with van der Waals surface area (Å²) in [5, 5.41) is 6.86. The lowest BCUT2D eigenvalue weighted by molar-refractivity contribution is -0.160. The summed E-state index contributed by atoms with van der Waals surface area (Å²) in [7, 11) is 0. The number of carbonyl (C=O) groups excluding carboxylic acids is 2. The van der Waals surface area contributed by atoms with Crippen molar-refractivity contribution in [1.82, 2.24) is 15.0 Å². The van der Waals surface area contributed by atoms with Gasteiger partial charge in [0.25, 0.3) is 0 Å². The minimum Gasteiger partial charge on any atom is -0.460 e. The standard InChI is InChI=1S/C35H46N6O3/c1-5-29-32(37-22-27(34(43)44-35(2,3)4)21-28(42)20-24-10-7-6-8-11-24)38-23-39-33(29)41-18-15-25(16-19-41)30-14-13-26-12-9-17-36-31(26)40-30/h6-8,10-11,13-14,23,25,27H,5,9,12,15-22H2,1-4H3,(H,36,40)(H,37,38,39)/t27-/m0/s1. The van der Waals surface area contributed by atoms with Gasteiger partial charge in [0.15, 0.2) is 0 Å². The summed E-state index contributed by atoms with van der Waals surface area (Å²) in [6.45, 7) is 10.6. The number of rotatable bonds is 11. The second-order valence-electron chi connectivity index (χ2n) is 12.9. The van der Waals surface area contributed by atoms with Gasteiger partial charge in [0.2, 0.25) is 0 Å². The highest BCUT2D eigenvalue weighted by atomic mass is 16.6. The zero-order chi connectivity index (χ0) is 31.1. The van der Waals surface area contributed by atoms with E-state index in [0.29, 0.717) is 11.7 Å². The van der Waals surface area contributed by atoms with Crippen molar-refractivity contribution in [3.05, 3.63) is 71.2 Å². The normalized spacial score (nSPS) is 16.0. The molecule has 1 aromatic carbocycles. The van der Waals surface area contributed by atoms with Gasteiger partial charge in [-0.2, -0.15) is 0 Å². The molecule has 1 atom stereocenters. The first kappa shape index (κ1) is 31.4. The Balaban J connectivity index is 1.25. The lowest BCUT2D eigenvalue weighted by Crippen LogP contribution is -2.35. The van der Waals surface area contributed by atoms with Gasteiger partial charge in [-0.25, -0.2) is 15.0 Å². The van der Waals surface area contributed by atoms with Gasteiger partial charge in [0, 0.05) is 56.2 Å². The van der Waals surface area contributed by atoms with Crippen LogP contribution in [0.1, 0.15) is 81.7 Å². The smallest absolute Gasteiger partial charge is 0.311 e. The number of hydrogen-bond acceptors (Lipinski definition) is 9. The van der Waals surface area contributed by atoms with E-state index in [2.05, 4.69) is 39.6 Å². The topological polar surface area (TPSA) is 109 Å². The van der Waals surface area contributed by atoms with Crippen LogP contribution in [0.3, 0.4) is 0 Å². The first-order valence-electron chi connectivity index (χ1n) is 16.0. The Kier molecular flexibility index (Phi) is 10.1. The summed E-state index contributed by atoms with van der Waals surface area (Å²) in [5.74, 6) is 2.09. The number of aromatic nitrogens is 3. The van der Waals surface area contributed by atoms with E-state index in [-0.39, 0.29) is 31.1 Å². The molecule has 2 aliphatic heterocycles. The maximum absolute atomic E-state index is 13.2. The number of carbonyl (C=O) groups is 2. The summed E-state index contributed by atoms with van der Waals surface area (Å²) in [6.07, 6.45) is 6.97. The Morgan fingerprint density at radius 3 is 2.59 bits per heavy atom. The number of piperidine rings is 1. The molecule has 1 saturated heterocycles. The van der Waals surface area contributed by atoms with Gasteiger partial charge in [-0.3, -0.25) is 9.59 Å². The number of anilines is 3. The predicted molar refractivity (Wildman–Crippen MR) is 174 cm³/mol. The van der Waals surface area contributed by atoms with Crippen molar-refractivity contribution in [2.75, 3.05) is 41.7 Å². The third-order valence-corrected chi connectivity index (χ3v) is 8.38. The number of pyridine rings is 1. The van der Waals surface area contributed by atoms with Crippen molar-refractivity contribution in [3.63, 3.8) is 0 Å². The fourth-order valence-corrected chi connectivity index (χ4v) is 6.13. The summed E-state index contributed by atoms with van der Waals surface area (Å²) in [6, 6.07) is 14.1. The first-order valence-corrected chi connectivity index (χ1v) is 16.0. The van der Waals surface area contributed by atoms with Gasteiger partial charge in [-0.15, -0.1) is 0 Å².